The summed E-state index contributed by atoms with van der Waals surface area (Å²) in [6, 6.07) is 8.68. The molecule has 0 saturated heterocycles. The number of rotatable bonds is 3. The molecule has 21 heavy (non-hydrogen) atoms. The molecule has 1 aliphatic heterocycles. The molecule has 0 unspecified atom stereocenters. The lowest BCUT2D eigenvalue weighted by Crippen LogP contribution is -1.97. The summed E-state index contributed by atoms with van der Waals surface area (Å²) in [5.41, 5.74) is 1.17. The van der Waals surface area contributed by atoms with Crippen LogP contribution in [0.2, 0.25) is 0 Å². The van der Waals surface area contributed by atoms with E-state index in [1.54, 1.807) is 37.3 Å². The van der Waals surface area contributed by atoms with E-state index in [-0.39, 0.29) is 18.1 Å². The van der Waals surface area contributed by atoms with Crippen molar-refractivity contribution in [3.63, 3.8) is 0 Å². The lowest BCUT2D eigenvalue weighted by Gasteiger charge is -2.08. The lowest BCUT2D eigenvalue weighted by molar-refractivity contribution is 0.101. The highest BCUT2D eigenvalue weighted by Crippen LogP contribution is 2.39. The van der Waals surface area contributed by atoms with Crippen molar-refractivity contribution in [2.24, 2.45) is 0 Å². The summed E-state index contributed by atoms with van der Waals surface area (Å²) < 4.78 is 16.1. The van der Waals surface area contributed by atoms with Gasteiger partial charge in [-0.1, -0.05) is 0 Å². The Kier molecular flexibility index (Phi) is 3.20. The fourth-order valence-electron chi connectivity index (χ4n) is 2.14. The van der Waals surface area contributed by atoms with E-state index in [2.05, 4.69) is 0 Å². The van der Waals surface area contributed by atoms with E-state index in [1.165, 1.54) is 6.26 Å². The average molecular weight is 281 g/mol. The van der Waals surface area contributed by atoms with Gasteiger partial charge in [-0.25, -0.2) is 0 Å². The van der Waals surface area contributed by atoms with Crippen LogP contribution in [0.3, 0.4) is 0 Å². The van der Waals surface area contributed by atoms with Crippen LogP contribution in [0.1, 0.15) is 21.7 Å². The highest BCUT2D eigenvalue weighted by molar-refractivity contribution is 6.14. The summed E-state index contributed by atoms with van der Waals surface area (Å²) in [4.78, 5) is 12.3. The molecular formula is C16H11NO4. The van der Waals surface area contributed by atoms with Gasteiger partial charge in [0.2, 0.25) is 5.78 Å². The number of allylic oxidation sites excluding steroid dienone is 1. The molecule has 5 nitrogen and oxygen atoms in total. The fraction of sp³-hybridized carbons (Fsp3) is 0.125. The monoisotopic (exact) mass is 281 g/mol. The van der Waals surface area contributed by atoms with Crippen molar-refractivity contribution < 1.29 is 18.7 Å². The topological polar surface area (TPSA) is 72.5 Å². The van der Waals surface area contributed by atoms with Crippen LogP contribution in [0, 0.1) is 18.3 Å². The van der Waals surface area contributed by atoms with Crippen LogP contribution in [0.25, 0.3) is 6.08 Å². The third-order valence-electron chi connectivity index (χ3n) is 3.15. The molecule has 0 saturated carbocycles. The maximum absolute atomic E-state index is 12.3. The van der Waals surface area contributed by atoms with E-state index in [9.17, 15) is 4.79 Å². The number of benzene rings is 1. The number of nitriles is 1. The lowest BCUT2D eigenvalue weighted by atomic mass is 10.1. The molecule has 0 N–H and O–H groups in total. The summed E-state index contributed by atoms with van der Waals surface area (Å²) >= 11 is 0. The molecule has 3 rings (SSSR count). The van der Waals surface area contributed by atoms with Crippen LogP contribution in [0.5, 0.6) is 11.5 Å². The third-order valence-corrected chi connectivity index (χ3v) is 3.15. The molecular weight excluding hydrogens is 270 g/mol. The summed E-state index contributed by atoms with van der Waals surface area (Å²) in [5.74, 6) is 1.55. The van der Waals surface area contributed by atoms with Crippen molar-refractivity contribution in [3.8, 4) is 17.6 Å². The van der Waals surface area contributed by atoms with E-state index >= 15 is 0 Å². The molecule has 1 aromatic heterocycles. The molecule has 0 atom stereocenters. The molecule has 5 heteroatoms. The highest BCUT2D eigenvalue weighted by atomic mass is 16.5. The van der Waals surface area contributed by atoms with E-state index in [0.717, 1.165) is 0 Å². The maximum Gasteiger partial charge on any atom is 0.232 e. The van der Waals surface area contributed by atoms with Crippen molar-refractivity contribution in [1.82, 2.24) is 0 Å². The molecule has 2 heterocycles. The Balaban J connectivity index is 1.96. The first-order valence-electron chi connectivity index (χ1n) is 6.32. The van der Waals surface area contributed by atoms with E-state index in [1.807, 2.05) is 6.07 Å². The summed E-state index contributed by atoms with van der Waals surface area (Å²) in [5, 5.41) is 8.56. The van der Waals surface area contributed by atoms with Gasteiger partial charge in [0.05, 0.1) is 11.8 Å². The van der Waals surface area contributed by atoms with Crippen LogP contribution < -0.4 is 9.47 Å². The van der Waals surface area contributed by atoms with E-state index < -0.39 is 0 Å². The van der Waals surface area contributed by atoms with Gasteiger partial charge >= 0.3 is 0 Å². The molecule has 2 aromatic rings. The zero-order valence-electron chi connectivity index (χ0n) is 11.3. The Hall–Kier alpha value is -3.00. The molecule has 0 fully saturated rings. The fourth-order valence-corrected chi connectivity index (χ4v) is 2.14. The largest absolute Gasteiger partial charge is 0.478 e. The number of nitrogens with zero attached hydrogens (tertiary/aromatic N) is 1. The van der Waals surface area contributed by atoms with E-state index in [4.69, 9.17) is 19.2 Å². The zero-order valence-corrected chi connectivity index (χ0v) is 11.3. The first-order valence-corrected chi connectivity index (χ1v) is 6.32. The third kappa shape index (κ3) is 2.28. The quantitative estimate of drug-likeness (QED) is 0.808. The van der Waals surface area contributed by atoms with Gasteiger partial charge in [-0.15, -0.1) is 0 Å². The van der Waals surface area contributed by atoms with Crippen LogP contribution in [-0.2, 0) is 0 Å². The standard InChI is InChI=1S/C16H11NO4/c1-10-13(20-8-6-17)5-4-12-15(18)14(21-16(10)12)9-11-3-2-7-19-11/h2-5,7,9H,8H2,1H3/b14-9-. The minimum atomic E-state index is -0.198. The second-order valence-corrected chi connectivity index (χ2v) is 4.47. The van der Waals surface area contributed by atoms with Gasteiger partial charge in [0.25, 0.3) is 0 Å². The van der Waals surface area contributed by atoms with E-state index in [0.29, 0.717) is 28.4 Å². The number of fused-ring (bicyclic) bond motifs is 1. The van der Waals surface area contributed by atoms with Gasteiger partial charge in [0.1, 0.15) is 23.3 Å². The number of ether oxygens (including phenoxy) is 2. The van der Waals surface area contributed by atoms with Crippen molar-refractivity contribution in [2.75, 3.05) is 6.61 Å². The first kappa shape index (κ1) is 13.0. The molecule has 0 radical (unpaired) electrons. The Morgan fingerprint density at radius 1 is 1.38 bits per heavy atom. The molecule has 0 aliphatic carbocycles. The van der Waals surface area contributed by atoms with Crippen molar-refractivity contribution in [1.29, 1.82) is 5.26 Å². The molecule has 1 aromatic carbocycles. The Morgan fingerprint density at radius 2 is 2.24 bits per heavy atom. The van der Waals surface area contributed by atoms with Gasteiger partial charge in [-0.2, -0.15) is 5.26 Å². The summed E-state index contributed by atoms with van der Waals surface area (Å²) in [6.45, 7) is 1.73. The Morgan fingerprint density at radius 3 is 2.95 bits per heavy atom. The zero-order chi connectivity index (χ0) is 14.8. The number of ketones is 1. The van der Waals surface area contributed by atoms with Crippen LogP contribution in [0.15, 0.2) is 40.7 Å². The Labute approximate surface area is 121 Å². The maximum atomic E-state index is 12.3. The second kappa shape index (κ2) is 5.17. The number of carbonyl (C=O) groups excluding carboxylic acids is 1. The normalized spacial score (nSPS) is 14.7. The van der Waals surface area contributed by atoms with Gasteiger partial charge < -0.3 is 13.9 Å². The minimum absolute atomic E-state index is 0.0529. The molecule has 0 spiro atoms. The first-order chi connectivity index (χ1) is 10.2. The highest BCUT2D eigenvalue weighted by Gasteiger charge is 2.30. The predicted molar refractivity (Wildman–Crippen MR) is 73.9 cm³/mol. The number of Topliss-reactive ketones (excluding diaryl/α,β-unsaturated/α-hetero) is 1. The summed E-state index contributed by atoms with van der Waals surface area (Å²) in [7, 11) is 0. The molecule has 1 aliphatic rings. The molecule has 0 amide bonds. The number of hydrogen-bond donors (Lipinski definition) is 0. The SMILES string of the molecule is Cc1c(OCC#N)ccc2c1O/C(=C\c1ccco1)C2=O. The van der Waals surface area contributed by atoms with Gasteiger partial charge in [-0.3, -0.25) is 4.79 Å². The number of hydrogen-bond acceptors (Lipinski definition) is 5. The van der Waals surface area contributed by atoms with Crippen molar-refractivity contribution in [3.05, 3.63) is 53.2 Å². The smallest absolute Gasteiger partial charge is 0.232 e. The second-order valence-electron chi connectivity index (χ2n) is 4.47. The van der Waals surface area contributed by atoms with Crippen molar-refractivity contribution in [2.45, 2.75) is 6.92 Å². The van der Waals surface area contributed by atoms with Gasteiger partial charge in [0, 0.05) is 11.6 Å². The number of carbonyl (C=O) groups is 1. The molecule has 104 valence electrons. The summed E-state index contributed by atoms with van der Waals surface area (Å²) in [6.07, 6.45) is 3.08. The van der Waals surface area contributed by atoms with Crippen LogP contribution in [-0.4, -0.2) is 12.4 Å². The number of furan rings is 1. The minimum Gasteiger partial charge on any atom is -0.478 e. The van der Waals surface area contributed by atoms with Gasteiger partial charge in [-0.05, 0) is 31.2 Å². The molecule has 0 bridgehead atoms. The predicted octanol–water partition coefficient (Wildman–Crippen LogP) is 3.11. The average Bonchev–Trinajstić information content (AvgIpc) is 3.09. The van der Waals surface area contributed by atoms with Crippen molar-refractivity contribution >= 4 is 11.9 Å². The Bertz CT molecular complexity index is 766. The van der Waals surface area contributed by atoms with Gasteiger partial charge in [0.15, 0.2) is 12.4 Å². The van der Waals surface area contributed by atoms with Crippen LogP contribution in [0.4, 0.5) is 0 Å². The van der Waals surface area contributed by atoms with Crippen LogP contribution >= 0.6 is 0 Å².